The summed E-state index contributed by atoms with van der Waals surface area (Å²) >= 11 is 2.92. The molecule has 1 fully saturated rings. The van der Waals surface area contributed by atoms with Crippen LogP contribution in [0, 0.1) is 12.8 Å². The average molecular weight is 442 g/mol. The van der Waals surface area contributed by atoms with Crippen LogP contribution in [-0.2, 0) is 4.79 Å². The first-order chi connectivity index (χ1) is 14.4. The first-order valence-corrected chi connectivity index (χ1v) is 11.1. The van der Waals surface area contributed by atoms with Crippen LogP contribution in [0.3, 0.4) is 0 Å². The second-order valence-electron chi connectivity index (χ2n) is 7.48. The minimum atomic E-state index is -0.174. The molecular weight excluding hydrogens is 422 g/mol. The molecule has 0 unspecified atom stereocenters. The maximum atomic E-state index is 12.7. The Hall–Kier alpha value is -2.98. The number of rotatable bonds is 4. The third-order valence-corrected chi connectivity index (χ3v) is 7.22. The Morgan fingerprint density at radius 1 is 1.20 bits per heavy atom. The molecular formula is C20H19N5O3S2. The third kappa shape index (κ3) is 3.31. The molecule has 0 aliphatic carbocycles. The van der Waals surface area contributed by atoms with E-state index in [2.05, 4.69) is 20.2 Å². The zero-order valence-corrected chi connectivity index (χ0v) is 18.3. The fraction of sp³-hybridized carbons (Fsp3) is 0.300. The lowest BCUT2D eigenvalue weighted by molar-refractivity contribution is -0.133. The molecule has 4 aromatic rings. The van der Waals surface area contributed by atoms with Crippen LogP contribution in [0.1, 0.15) is 15.6 Å². The number of thiazole rings is 1. The maximum Gasteiger partial charge on any atom is 0.265 e. The number of nitrogens with one attached hydrogen (secondary N) is 1. The topological polar surface area (TPSA) is 91.6 Å². The summed E-state index contributed by atoms with van der Waals surface area (Å²) in [7, 11) is 3.56. The van der Waals surface area contributed by atoms with Crippen molar-refractivity contribution >= 4 is 65.9 Å². The first kappa shape index (κ1) is 19.0. The monoisotopic (exact) mass is 441 g/mol. The van der Waals surface area contributed by atoms with Crippen molar-refractivity contribution in [3.8, 4) is 0 Å². The van der Waals surface area contributed by atoms with E-state index < -0.39 is 0 Å². The second-order valence-corrected chi connectivity index (χ2v) is 9.52. The van der Waals surface area contributed by atoms with E-state index in [9.17, 15) is 9.59 Å². The zero-order chi connectivity index (χ0) is 21.0. The van der Waals surface area contributed by atoms with Gasteiger partial charge in [0.05, 0.1) is 15.5 Å². The number of nitrogens with zero attached hydrogens (tertiary/aromatic N) is 4. The van der Waals surface area contributed by atoms with Crippen LogP contribution < -0.4 is 10.2 Å². The summed E-state index contributed by atoms with van der Waals surface area (Å²) in [6, 6.07) is 7.27. The van der Waals surface area contributed by atoms with Crippen molar-refractivity contribution in [3.63, 3.8) is 0 Å². The standard InChI is InChI=1S/C20H19N5O3S2/c1-10-21-13-6-12(4-5-14(13)28-10)22-17(26)15-7-16-18(29-15)23-20(30-16)25-8-11(9-25)19(27)24(2)3/h4-7,11H,8-9H2,1-3H3,(H,22,26). The van der Waals surface area contributed by atoms with Gasteiger partial charge in [-0.05, 0) is 24.3 Å². The van der Waals surface area contributed by atoms with Crippen molar-refractivity contribution in [1.29, 1.82) is 0 Å². The lowest BCUT2D eigenvalue weighted by Crippen LogP contribution is -2.53. The average Bonchev–Trinajstić information content (AvgIpc) is 3.31. The number of benzene rings is 1. The number of anilines is 2. The number of oxazole rings is 1. The van der Waals surface area contributed by atoms with Gasteiger partial charge in [0.15, 0.2) is 16.6 Å². The van der Waals surface area contributed by atoms with Crippen molar-refractivity contribution in [2.45, 2.75) is 6.92 Å². The van der Waals surface area contributed by atoms with Crippen molar-refractivity contribution in [3.05, 3.63) is 35.0 Å². The lowest BCUT2D eigenvalue weighted by Gasteiger charge is -2.39. The highest BCUT2D eigenvalue weighted by molar-refractivity contribution is 7.29. The van der Waals surface area contributed by atoms with Crippen LogP contribution in [0.5, 0.6) is 0 Å². The number of fused-ring (bicyclic) bond motifs is 2. The highest BCUT2D eigenvalue weighted by Gasteiger charge is 2.35. The quantitative estimate of drug-likeness (QED) is 0.520. The van der Waals surface area contributed by atoms with Crippen LogP contribution in [0.4, 0.5) is 10.8 Å². The molecule has 0 atom stereocenters. The Balaban J connectivity index is 1.28. The minimum Gasteiger partial charge on any atom is -0.441 e. The number of aromatic nitrogens is 2. The summed E-state index contributed by atoms with van der Waals surface area (Å²) in [5.74, 6) is 0.608. The van der Waals surface area contributed by atoms with Crippen molar-refractivity contribution in [1.82, 2.24) is 14.9 Å². The number of carbonyl (C=O) groups excluding carboxylic acids is 2. The van der Waals surface area contributed by atoms with Gasteiger partial charge < -0.3 is 19.5 Å². The molecule has 3 aromatic heterocycles. The van der Waals surface area contributed by atoms with Gasteiger partial charge in [-0.3, -0.25) is 9.59 Å². The second kappa shape index (κ2) is 7.06. The number of hydrogen-bond donors (Lipinski definition) is 1. The van der Waals surface area contributed by atoms with E-state index in [4.69, 9.17) is 4.42 Å². The Morgan fingerprint density at radius 2 is 2.00 bits per heavy atom. The van der Waals surface area contributed by atoms with Gasteiger partial charge in [0, 0.05) is 39.8 Å². The molecule has 154 valence electrons. The number of hydrogen-bond acceptors (Lipinski definition) is 8. The van der Waals surface area contributed by atoms with Crippen LogP contribution in [-0.4, -0.2) is 53.9 Å². The summed E-state index contributed by atoms with van der Waals surface area (Å²) in [5.41, 5.74) is 2.08. The highest BCUT2D eigenvalue weighted by atomic mass is 32.1. The smallest absolute Gasteiger partial charge is 0.265 e. The van der Waals surface area contributed by atoms with Gasteiger partial charge in [-0.15, -0.1) is 11.3 Å². The molecule has 0 spiro atoms. The number of carbonyl (C=O) groups is 2. The molecule has 10 heteroatoms. The van der Waals surface area contributed by atoms with E-state index >= 15 is 0 Å². The first-order valence-electron chi connectivity index (χ1n) is 9.42. The fourth-order valence-electron chi connectivity index (χ4n) is 3.44. The molecule has 8 nitrogen and oxygen atoms in total. The Labute approximate surface area is 180 Å². The van der Waals surface area contributed by atoms with Gasteiger partial charge in [-0.2, -0.15) is 0 Å². The largest absolute Gasteiger partial charge is 0.441 e. The van der Waals surface area contributed by atoms with Crippen molar-refractivity contribution in [2.24, 2.45) is 5.92 Å². The van der Waals surface area contributed by atoms with E-state index in [1.165, 1.54) is 11.3 Å². The molecule has 1 aromatic carbocycles. The van der Waals surface area contributed by atoms with Gasteiger partial charge in [0.2, 0.25) is 5.91 Å². The Kier molecular flexibility index (Phi) is 4.48. The van der Waals surface area contributed by atoms with Crippen LogP contribution in [0.2, 0.25) is 0 Å². The number of amides is 2. The maximum absolute atomic E-state index is 12.7. The third-order valence-electron chi connectivity index (χ3n) is 5.00. The van der Waals surface area contributed by atoms with Crippen molar-refractivity contribution < 1.29 is 14.0 Å². The normalized spacial score (nSPS) is 14.3. The van der Waals surface area contributed by atoms with Crippen LogP contribution in [0.25, 0.3) is 20.6 Å². The van der Waals surface area contributed by atoms with E-state index in [1.807, 2.05) is 6.07 Å². The van der Waals surface area contributed by atoms with Crippen molar-refractivity contribution in [2.75, 3.05) is 37.4 Å². The van der Waals surface area contributed by atoms with E-state index in [0.717, 1.165) is 14.7 Å². The summed E-state index contributed by atoms with van der Waals surface area (Å²) in [5, 5.41) is 3.81. The number of aryl methyl sites for hydroxylation is 1. The molecule has 0 bridgehead atoms. The number of thiophene rings is 1. The SMILES string of the molecule is Cc1nc2cc(NC(=O)c3cc4sc(N5CC(C(=O)N(C)C)C5)nc4s3)ccc2o1. The van der Waals surface area contributed by atoms with Gasteiger partial charge >= 0.3 is 0 Å². The van der Waals surface area contributed by atoms with Gasteiger partial charge in [0.1, 0.15) is 10.3 Å². The zero-order valence-electron chi connectivity index (χ0n) is 16.6. The van der Waals surface area contributed by atoms with Gasteiger partial charge in [-0.25, -0.2) is 9.97 Å². The Bertz CT molecular complexity index is 1250. The minimum absolute atomic E-state index is 0.0362. The molecule has 2 amide bonds. The molecule has 1 saturated heterocycles. The Morgan fingerprint density at radius 3 is 2.73 bits per heavy atom. The predicted molar refractivity (Wildman–Crippen MR) is 119 cm³/mol. The highest BCUT2D eigenvalue weighted by Crippen LogP contribution is 2.37. The molecule has 0 radical (unpaired) electrons. The molecule has 1 aliphatic heterocycles. The molecule has 30 heavy (non-hydrogen) atoms. The van der Waals surface area contributed by atoms with E-state index in [1.54, 1.807) is 55.5 Å². The van der Waals surface area contributed by atoms with Crippen LogP contribution in [0.15, 0.2) is 28.7 Å². The summed E-state index contributed by atoms with van der Waals surface area (Å²) in [4.78, 5) is 38.8. The summed E-state index contributed by atoms with van der Waals surface area (Å²) < 4.78 is 6.44. The molecule has 1 aliphatic rings. The summed E-state index contributed by atoms with van der Waals surface area (Å²) in [6.07, 6.45) is 0. The lowest BCUT2D eigenvalue weighted by atomic mass is 10.00. The molecule has 0 saturated carbocycles. The van der Waals surface area contributed by atoms with Crippen LogP contribution >= 0.6 is 22.7 Å². The van der Waals surface area contributed by atoms with Gasteiger partial charge in [-0.1, -0.05) is 11.3 Å². The molecule has 5 rings (SSSR count). The molecule has 1 N–H and O–H groups in total. The van der Waals surface area contributed by atoms with E-state index in [-0.39, 0.29) is 17.7 Å². The van der Waals surface area contributed by atoms with E-state index in [0.29, 0.717) is 40.6 Å². The summed E-state index contributed by atoms with van der Waals surface area (Å²) in [6.45, 7) is 3.17. The van der Waals surface area contributed by atoms with Gasteiger partial charge in [0.25, 0.3) is 5.91 Å². The fourth-order valence-corrected chi connectivity index (χ4v) is 5.56. The predicted octanol–water partition coefficient (Wildman–Crippen LogP) is 3.58. The molecule has 4 heterocycles.